The van der Waals surface area contributed by atoms with E-state index < -0.39 is 24.3 Å². The number of hydrogen-bond donors (Lipinski definition) is 4. The molecule has 4 N–H and O–H groups in total. The molecule has 186 valence electrons. The lowest BCUT2D eigenvalue weighted by molar-refractivity contribution is 0.0555. The zero-order chi connectivity index (χ0) is 24.7. The molecule has 0 radical (unpaired) electrons. The van der Waals surface area contributed by atoms with Gasteiger partial charge in [-0.1, -0.05) is 11.6 Å². The Morgan fingerprint density at radius 2 is 2.03 bits per heavy atom. The Balaban J connectivity index is 1.30. The number of carbonyl (C=O) groups is 2. The first-order valence-corrected chi connectivity index (χ1v) is 11.9. The number of alkyl halides is 1. The van der Waals surface area contributed by atoms with Crippen molar-refractivity contribution in [2.24, 2.45) is 0 Å². The zero-order valence-electron chi connectivity index (χ0n) is 19.2. The molecule has 0 saturated heterocycles. The number of nitrogens with one attached hydrogen (secondary N) is 4. The van der Waals surface area contributed by atoms with E-state index in [1.54, 1.807) is 36.6 Å². The molecule has 0 aliphatic heterocycles. The van der Waals surface area contributed by atoms with Crippen molar-refractivity contribution < 1.29 is 18.7 Å². The fourth-order valence-electron chi connectivity index (χ4n) is 4.13. The Labute approximate surface area is 205 Å². The second-order valence-electron chi connectivity index (χ2n) is 9.21. The first kappa shape index (κ1) is 23.3. The van der Waals surface area contributed by atoms with Gasteiger partial charge in [0.05, 0.1) is 0 Å². The average Bonchev–Trinajstić information content (AvgIpc) is 3.15. The third-order valence-electron chi connectivity index (χ3n) is 5.97. The van der Waals surface area contributed by atoms with E-state index >= 15 is 4.39 Å². The van der Waals surface area contributed by atoms with E-state index in [2.05, 4.69) is 36.1 Å². The lowest BCUT2D eigenvalue weighted by atomic mass is 10.0. The molecule has 2 amide bonds. The number of H-pyrrole nitrogens is 1. The minimum absolute atomic E-state index is 0.0928. The highest BCUT2D eigenvalue weighted by Gasteiger charge is 2.41. The summed E-state index contributed by atoms with van der Waals surface area (Å²) in [6, 6.07) is 3.35. The Kier molecular flexibility index (Phi) is 6.22. The van der Waals surface area contributed by atoms with Gasteiger partial charge < -0.3 is 20.7 Å². The number of alkyl carbamates (subject to hydrolysis) is 1. The third-order valence-corrected chi connectivity index (χ3v) is 6.16. The normalized spacial score (nSPS) is 21.9. The van der Waals surface area contributed by atoms with Crippen molar-refractivity contribution in [1.82, 2.24) is 35.2 Å². The molecule has 11 nitrogen and oxygen atoms in total. The molecule has 35 heavy (non-hydrogen) atoms. The molecule has 5 rings (SSSR count). The van der Waals surface area contributed by atoms with Crippen LogP contribution in [0, 0.1) is 0 Å². The highest BCUT2D eigenvalue weighted by molar-refractivity contribution is 6.29. The first-order valence-electron chi connectivity index (χ1n) is 11.6. The number of ether oxygens (including phenoxy) is 1. The van der Waals surface area contributed by atoms with Gasteiger partial charge in [-0.25, -0.2) is 19.2 Å². The number of nitrogens with zero attached hydrogens (tertiary/aromatic N) is 4. The Morgan fingerprint density at radius 1 is 1.23 bits per heavy atom. The van der Waals surface area contributed by atoms with Gasteiger partial charge in [-0.2, -0.15) is 5.10 Å². The molecule has 0 bridgehead atoms. The molecule has 2 aliphatic carbocycles. The van der Waals surface area contributed by atoms with Crippen LogP contribution >= 0.6 is 11.6 Å². The second-order valence-corrected chi connectivity index (χ2v) is 9.60. The summed E-state index contributed by atoms with van der Waals surface area (Å²) in [5.41, 5.74) is 1.28. The molecule has 13 heteroatoms. The van der Waals surface area contributed by atoms with Gasteiger partial charge in [-0.3, -0.25) is 14.3 Å². The molecule has 2 saturated carbocycles. The average molecular weight is 505 g/mol. The molecular formula is C22H26ClFN8O3. The van der Waals surface area contributed by atoms with Gasteiger partial charge in [0.15, 0.2) is 5.82 Å². The van der Waals surface area contributed by atoms with E-state index in [4.69, 9.17) is 16.3 Å². The summed E-state index contributed by atoms with van der Waals surface area (Å²) in [5.74, 6) is -0.0521. The minimum atomic E-state index is -1.36. The zero-order valence-corrected chi connectivity index (χ0v) is 20.0. The van der Waals surface area contributed by atoms with E-state index in [-0.39, 0.29) is 28.8 Å². The van der Waals surface area contributed by atoms with Gasteiger partial charge in [0.1, 0.15) is 28.8 Å². The van der Waals surface area contributed by atoms with Gasteiger partial charge in [-0.05, 0) is 39.5 Å². The first-order chi connectivity index (χ1) is 16.8. The predicted molar refractivity (Wildman–Crippen MR) is 126 cm³/mol. The number of anilines is 2. The molecule has 0 spiro atoms. The summed E-state index contributed by atoms with van der Waals surface area (Å²) in [4.78, 5) is 32.9. The van der Waals surface area contributed by atoms with Crippen molar-refractivity contribution in [3.63, 3.8) is 0 Å². The van der Waals surface area contributed by atoms with Crippen LogP contribution in [-0.4, -0.2) is 60.9 Å². The molecule has 0 unspecified atom stereocenters. The number of imidazole rings is 1. The number of amides is 2. The quantitative estimate of drug-likeness (QED) is 0.361. The van der Waals surface area contributed by atoms with Crippen molar-refractivity contribution >= 4 is 41.0 Å². The summed E-state index contributed by atoms with van der Waals surface area (Å²) in [7, 11) is 0. The Bertz CT molecular complexity index is 1260. The van der Waals surface area contributed by atoms with Crippen molar-refractivity contribution in [1.29, 1.82) is 0 Å². The number of halogens is 2. The molecule has 3 heterocycles. The van der Waals surface area contributed by atoms with Crippen LogP contribution in [0.5, 0.6) is 0 Å². The monoisotopic (exact) mass is 504 g/mol. The predicted octanol–water partition coefficient (Wildman–Crippen LogP) is 3.46. The second kappa shape index (κ2) is 9.33. The molecule has 3 aromatic heterocycles. The summed E-state index contributed by atoms with van der Waals surface area (Å²) >= 11 is 6.16. The maximum Gasteiger partial charge on any atom is 0.407 e. The van der Waals surface area contributed by atoms with Crippen LogP contribution in [0.4, 0.5) is 21.0 Å². The van der Waals surface area contributed by atoms with Gasteiger partial charge in [0.25, 0.3) is 5.91 Å². The molecular weight excluding hydrogens is 479 g/mol. The van der Waals surface area contributed by atoms with Crippen molar-refractivity contribution in [3.8, 4) is 0 Å². The highest BCUT2D eigenvalue weighted by atomic mass is 35.5. The van der Waals surface area contributed by atoms with Crippen LogP contribution in [0.1, 0.15) is 61.6 Å². The van der Waals surface area contributed by atoms with Crippen molar-refractivity contribution in [3.05, 3.63) is 34.9 Å². The van der Waals surface area contributed by atoms with Crippen LogP contribution < -0.4 is 16.0 Å². The molecule has 0 aromatic carbocycles. The highest BCUT2D eigenvalue weighted by Crippen LogP contribution is 2.38. The molecule has 3 atom stereocenters. The van der Waals surface area contributed by atoms with Gasteiger partial charge in [-0.15, -0.1) is 0 Å². The summed E-state index contributed by atoms with van der Waals surface area (Å²) in [5, 5.41) is 15.8. The van der Waals surface area contributed by atoms with Crippen LogP contribution in [0.25, 0.3) is 5.65 Å². The van der Waals surface area contributed by atoms with E-state index in [0.717, 1.165) is 12.8 Å². The van der Waals surface area contributed by atoms with Crippen LogP contribution in [-0.2, 0) is 4.74 Å². The fraction of sp³-hybridized carbons (Fsp3) is 0.500. The van der Waals surface area contributed by atoms with Gasteiger partial charge in [0.2, 0.25) is 5.95 Å². The topological polar surface area (TPSA) is 138 Å². The number of hydrogen-bond acceptors (Lipinski definition) is 7. The maximum absolute atomic E-state index is 15.1. The molecule has 2 fully saturated rings. The number of rotatable bonds is 7. The molecule has 3 aromatic rings. The smallest absolute Gasteiger partial charge is 0.407 e. The minimum Gasteiger partial charge on any atom is -0.443 e. The lowest BCUT2D eigenvalue weighted by Gasteiger charge is -2.18. The van der Waals surface area contributed by atoms with Gasteiger partial charge in [0, 0.05) is 42.0 Å². The third kappa shape index (κ3) is 5.16. The standard InChI is InChI=1S/C22H26ClFN8O3/c1-10(2)25-22(34)35-15-6-5-12(19(15)24)13-7-17(31-30-13)29-21-28-16(23)8-18-27-14(9-32(18)21)20(33)26-11-3-4-11/h7-12,15,19H,3-6H2,1-2H3,(H,25,34)(H,26,33)(H2,28,29,30,31)/t12-,15-,19+/m0/s1. The van der Waals surface area contributed by atoms with Crippen LogP contribution in [0.3, 0.4) is 0 Å². The van der Waals surface area contributed by atoms with Crippen LogP contribution in [0.2, 0.25) is 5.15 Å². The summed E-state index contributed by atoms with van der Waals surface area (Å²) in [6.07, 6.45) is 1.63. The number of aromatic nitrogens is 5. The summed E-state index contributed by atoms with van der Waals surface area (Å²) < 4.78 is 21.9. The number of carbonyl (C=O) groups excluding carboxylic acids is 2. The van der Waals surface area contributed by atoms with E-state index in [0.29, 0.717) is 35.9 Å². The SMILES string of the molecule is CC(C)NC(=O)O[C@H]1CC[C@@H](c2cc(Nc3nc(Cl)cc4nc(C(=O)NC5CC5)cn34)n[nH]2)[C@H]1F. The fourth-order valence-corrected chi connectivity index (χ4v) is 4.31. The number of aromatic amines is 1. The Hall–Kier alpha value is -3.41. The molecule has 2 aliphatic rings. The maximum atomic E-state index is 15.1. The van der Waals surface area contributed by atoms with E-state index in [9.17, 15) is 9.59 Å². The van der Waals surface area contributed by atoms with Crippen molar-refractivity contribution in [2.75, 3.05) is 5.32 Å². The largest absolute Gasteiger partial charge is 0.443 e. The summed E-state index contributed by atoms with van der Waals surface area (Å²) in [6.45, 7) is 3.61. The van der Waals surface area contributed by atoms with Gasteiger partial charge >= 0.3 is 6.09 Å². The van der Waals surface area contributed by atoms with Crippen LogP contribution in [0.15, 0.2) is 18.3 Å². The Morgan fingerprint density at radius 3 is 2.77 bits per heavy atom. The lowest BCUT2D eigenvalue weighted by Crippen LogP contribution is -2.36. The van der Waals surface area contributed by atoms with Crippen molar-refractivity contribution in [2.45, 2.75) is 69.8 Å². The van der Waals surface area contributed by atoms with E-state index in [1.165, 1.54) is 0 Å². The number of fused-ring (bicyclic) bond motifs is 1. The van der Waals surface area contributed by atoms with E-state index in [1.807, 2.05) is 0 Å².